The first kappa shape index (κ1) is 14.6. The fourth-order valence-electron chi connectivity index (χ4n) is 2.74. The van der Waals surface area contributed by atoms with E-state index in [1.54, 1.807) is 24.2 Å². The van der Waals surface area contributed by atoms with Crippen LogP contribution in [-0.4, -0.2) is 35.4 Å². The van der Waals surface area contributed by atoms with E-state index < -0.39 is 0 Å². The summed E-state index contributed by atoms with van der Waals surface area (Å²) < 4.78 is 0. The van der Waals surface area contributed by atoms with E-state index >= 15 is 0 Å². The lowest BCUT2D eigenvalue weighted by Gasteiger charge is -2.31. The molecule has 2 aromatic rings. The van der Waals surface area contributed by atoms with Crippen molar-refractivity contribution in [2.75, 3.05) is 18.9 Å². The molecule has 1 aromatic carbocycles. The number of nitrogens with one attached hydrogen (secondary N) is 1. The van der Waals surface area contributed by atoms with Gasteiger partial charge in [-0.1, -0.05) is 11.6 Å². The molecule has 0 saturated carbocycles. The van der Waals surface area contributed by atoms with Gasteiger partial charge in [0.2, 0.25) is 5.91 Å². The zero-order valence-corrected chi connectivity index (χ0v) is 12.9. The molecule has 1 fully saturated rings. The maximum absolute atomic E-state index is 11.6. The maximum Gasteiger partial charge on any atom is 0.222 e. The number of halogens is 1. The molecule has 1 aromatic heterocycles. The Hall–Kier alpha value is -2.32. The predicted octanol–water partition coefficient (Wildman–Crippen LogP) is 2.79. The second-order valence-electron chi connectivity index (χ2n) is 5.47. The summed E-state index contributed by atoms with van der Waals surface area (Å²) in [5.74, 6) is 0.154. The molecule has 5 nitrogen and oxygen atoms in total. The Morgan fingerprint density at radius 3 is 3.05 bits per heavy atom. The minimum atomic E-state index is 0.111. The van der Waals surface area contributed by atoms with Crippen LogP contribution in [-0.2, 0) is 4.79 Å². The molecule has 0 unspecified atom stereocenters. The summed E-state index contributed by atoms with van der Waals surface area (Å²) in [7, 11) is 1.79. The van der Waals surface area contributed by atoms with E-state index in [9.17, 15) is 10.1 Å². The number of piperidine rings is 1. The van der Waals surface area contributed by atoms with Gasteiger partial charge in [0, 0.05) is 42.7 Å². The Labute approximate surface area is 133 Å². The number of likely N-dealkylation sites (N-methyl/N-ethyl adjacent to an activating group) is 1. The summed E-state index contributed by atoms with van der Waals surface area (Å²) in [5.41, 5.74) is 2.00. The maximum atomic E-state index is 11.6. The first-order valence-electron chi connectivity index (χ1n) is 7.07. The van der Waals surface area contributed by atoms with Crippen molar-refractivity contribution in [2.45, 2.75) is 18.9 Å². The molecule has 0 aliphatic carbocycles. The standard InChI is InChI=1S/C16H15ClN4O/c1-21-9-12(3-5-15(21)22)20-16-10(7-18)8-19-14-4-2-11(17)6-13(14)16/h2,4,6,8,12H,3,5,9H2,1H3,(H,19,20)/t12-/m1/s1. The largest absolute Gasteiger partial charge is 0.379 e. The van der Waals surface area contributed by atoms with E-state index in [4.69, 9.17) is 11.6 Å². The van der Waals surface area contributed by atoms with Crippen LogP contribution in [0.2, 0.25) is 5.02 Å². The number of nitriles is 1. The van der Waals surface area contributed by atoms with Gasteiger partial charge in [0.1, 0.15) is 6.07 Å². The van der Waals surface area contributed by atoms with Gasteiger partial charge < -0.3 is 10.2 Å². The van der Waals surface area contributed by atoms with Crippen LogP contribution in [0.3, 0.4) is 0 Å². The molecule has 1 aliphatic heterocycles. The monoisotopic (exact) mass is 314 g/mol. The van der Waals surface area contributed by atoms with Crippen molar-refractivity contribution in [3.63, 3.8) is 0 Å². The van der Waals surface area contributed by atoms with Crippen molar-refractivity contribution in [3.8, 4) is 6.07 Å². The number of carbonyl (C=O) groups is 1. The van der Waals surface area contributed by atoms with E-state index in [1.807, 2.05) is 12.1 Å². The smallest absolute Gasteiger partial charge is 0.222 e. The average Bonchev–Trinajstić information content (AvgIpc) is 2.51. The van der Waals surface area contributed by atoms with E-state index in [2.05, 4.69) is 16.4 Å². The number of rotatable bonds is 2. The van der Waals surface area contributed by atoms with Gasteiger partial charge in [0.15, 0.2) is 0 Å². The highest BCUT2D eigenvalue weighted by molar-refractivity contribution is 6.31. The molecule has 0 spiro atoms. The minimum Gasteiger partial charge on any atom is -0.379 e. The first-order valence-corrected chi connectivity index (χ1v) is 7.45. The van der Waals surface area contributed by atoms with E-state index in [-0.39, 0.29) is 11.9 Å². The van der Waals surface area contributed by atoms with Crippen LogP contribution >= 0.6 is 11.6 Å². The van der Waals surface area contributed by atoms with Crippen molar-refractivity contribution in [1.29, 1.82) is 5.26 Å². The summed E-state index contributed by atoms with van der Waals surface area (Å²) in [4.78, 5) is 17.6. The molecule has 3 rings (SSSR count). The number of fused-ring (bicyclic) bond motifs is 1. The lowest BCUT2D eigenvalue weighted by atomic mass is 10.0. The number of likely N-dealkylation sites (tertiary alicyclic amines) is 1. The van der Waals surface area contributed by atoms with Gasteiger partial charge in [-0.15, -0.1) is 0 Å². The summed E-state index contributed by atoms with van der Waals surface area (Å²) in [6, 6.07) is 7.70. The van der Waals surface area contributed by atoms with Gasteiger partial charge in [0.05, 0.1) is 16.8 Å². The van der Waals surface area contributed by atoms with E-state index in [0.717, 1.165) is 23.0 Å². The highest BCUT2D eigenvalue weighted by Crippen LogP contribution is 2.29. The molecule has 1 saturated heterocycles. The van der Waals surface area contributed by atoms with Crippen LogP contribution in [0.4, 0.5) is 5.69 Å². The second kappa shape index (κ2) is 5.82. The molecule has 1 aliphatic rings. The molecule has 0 radical (unpaired) electrons. The molecule has 2 heterocycles. The van der Waals surface area contributed by atoms with Crippen LogP contribution in [0.15, 0.2) is 24.4 Å². The van der Waals surface area contributed by atoms with E-state index in [0.29, 0.717) is 23.6 Å². The molecule has 0 bridgehead atoms. The number of amides is 1. The average molecular weight is 315 g/mol. The highest BCUT2D eigenvalue weighted by Gasteiger charge is 2.24. The zero-order valence-electron chi connectivity index (χ0n) is 12.1. The number of hydrogen-bond donors (Lipinski definition) is 1. The Balaban J connectivity index is 2.00. The van der Waals surface area contributed by atoms with Crippen LogP contribution in [0, 0.1) is 11.3 Å². The van der Waals surface area contributed by atoms with Gasteiger partial charge in [-0.2, -0.15) is 5.26 Å². The number of aromatic nitrogens is 1. The fourth-order valence-corrected chi connectivity index (χ4v) is 2.91. The van der Waals surface area contributed by atoms with Gasteiger partial charge in [0.25, 0.3) is 0 Å². The lowest BCUT2D eigenvalue weighted by molar-refractivity contribution is -0.132. The van der Waals surface area contributed by atoms with Crippen molar-refractivity contribution in [2.24, 2.45) is 0 Å². The van der Waals surface area contributed by atoms with Crippen molar-refractivity contribution in [1.82, 2.24) is 9.88 Å². The lowest BCUT2D eigenvalue weighted by Crippen LogP contribution is -2.43. The summed E-state index contributed by atoms with van der Waals surface area (Å²) in [5, 5.41) is 14.2. The van der Waals surface area contributed by atoms with Crippen molar-refractivity contribution in [3.05, 3.63) is 35.0 Å². The van der Waals surface area contributed by atoms with Gasteiger partial charge in [-0.25, -0.2) is 0 Å². The quantitative estimate of drug-likeness (QED) is 0.925. The number of hydrogen-bond acceptors (Lipinski definition) is 4. The molecule has 1 amide bonds. The molecule has 6 heteroatoms. The van der Waals surface area contributed by atoms with Crippen molar-refractivity contribution >= 4 is 34.1 Å². The Morgan fingerprint density at radius 2 is 2.32 bits per heavy atom. The number of pyridine rings is 1. The minimum absolute atomic E-state index is 0.111. The Morgan fingerprint density at radius 1 is 1.50 bits per heavy atom. The van der Waals surface area contributed by atoms with Gasteiger partial charge in [-0.3, -0.25) is 9.78 Å². The normalized spacial score (nSPS) is 18.3. The molecule has 22 heavy (non-hydrogen) atoms. The third-order valence-corrected chi connectivity index (χ3v) is 4.16. The Bertz CT molecular complexity index is 784. The molecule has 1 atom stereocenters. The highest BCUT2D eigenvalue weighted by atomic mass is 35.5. The van der Waals surface area contributed by atoms with Crippen molar-refractivity contribution < 1.29 is 4.79 Å². The van der Waals surface area contributed by atoms with Crippen LogP contribution < -0.4 is 5.32 Å². The van der Waals surface area contributed by atoms with Crippen LogP contribution in [0.1, 0.15) is 18.4 Å². The summed E-state index contributed by atoms with van der Waals surface area (Å²) in [6.07, 6.45) is 2.83. The molecular weight excluding hydrogens is 300 g/mol. The zero-order chi connectivity index (χ0) is 15.7. The topological polar surface area (TPSA) is 69.0 Å². The molecule has 112 valence electrons. The fraction of sp³-hybridized carbons (Fsp3) is 0.312. The number of benzene rings is 1. The molecular formula is C16H15ClN4O. The summed E-state index contributed by atoms with van der Waals surface area (Å²) >= 11 is 6.08. The second-order valence-corrected chi connectivity index (χ2v) is 5.91. The third-order valence-electron chi connectivity index (χ3n) is 3.93. The number of carbonyl (C=O) groups excluding carboxylic acids is 1. The predicted molar refractivity (Wildman–Crippen MR) is 85.7 cm³/mol. The van der Waals surface area contributed by atoms with Gasteiger partial charge >= 0.3 is 0 Å². The van der Waals surface area contributed by atoms with E-state index in [1.165, 1.54) is 0 Å². The SMILES string of the molecule is CN1C[C@H](Nc2c(C#N)cnc3ccc(Cl)cc23)CCC1=O. The summed E-state index contributed by atoms with van der Waals surface area (Å²) in [6.45, 7) is 0.619. The van der Waals surface area contributed by atoms with Crippen LogP contribution in [0.25, 0.3) is 10.9 Å². The van der Waals surface area contributed by atoms with Crippen LogP contribution in [0.5, 0.6) is 0 Å². The van der Waals surface area contributed by atoms with Gasteiger partial charge in [-0.05, 0) is 24.6 Å². The number of anilines is 1. The third kappa shape index (κ3) is 2.70. The first-order chi connectivity index (χ1) is 10.6. The number of nitrogens with zero attached hydrogens (tertiary/aromatic N) is 3. The molecule has 1 N–H and O–H groups in total. The Kier molecular flexibility index (Phi) is 3.86.